The first-order chi connectivity index (χ1) is 4.70. The minimum absolute atomic E-state index is 0.0790. The van der Waals surface area contributed by atoms with E-state index in [9.17, 15) is 19.2 Å². The maximum atomic E-state index is 10.2. The Bertz CT molecular complexity index is 176. The van der Waals surface area contributed by atoms with E-state index in [1.165, 1.54) is 0 Å². The fraction of sp³-hybridized carbons (Fsp3) is 0. The van der Waals surface area contributed by atoms with Crippen LogP contribution in [0.1, 0.15) is 0 Å². The molecule has 10 heavy (non-hydrogen) atoms. The number of nitrogens with one attached hydrogen (secondary N) is 2. The van der Waals surface area contributed by atoms with Crippen molar-refractivity contribution < 1.29 is 19.2 Å². The largest absolute Gasteiger partial charge is 0.328 e. The molecule has 0 aliphatic heterocycles. The third-order valence-electron chi connectivity index (χ3n) is 0.534. The fourth-order valence-corrected chi connectivity index (χ4v) is 0.231. The Morgan fingerprint density at radius 3 is 2.20 bits per heavy atom. The van der Waals surface area contributed by atoms with Gasteiger partial charge in [0, 0.05) is 0 Å². The zero-order chi connectivity index (χ0) is 7.98. The van der Waals surface area contributed by atoms with E-state index in [0.717, 1.165) is 0 Å². The topological polar surface area (TPSA) is 92.3 Å². The lowest BCUT2D eigenvalue weighted by Gasteiger charge is -1.93. The normalized spacial score (nSPS) is 7.60. The molecule has 0 aromatic carbocycles. The Morgan fingerprint density at radius 1 is 1.20 bits per heavy atom. The van der Waals surface area contributed by atoms with Gasteiger partial charge in [0.05, 0.1) is 0 Å². The van der Waals surface area contributed by atoms with E-state index in [1.807, 2.05) is 0 Å². The van der Waals surface area contributed by atoms with Crippen LogP contribution in [-0.4, -0.2) is 24.6 Å². The van der Waals surface area contributed by atoms with Gasteiger partial charge in [-0.3, -0.25) is 25.0 Å². The summed E-state index contributed by atoms with van der Waals surface area (Å²) in [6.07, 6.45) is 0.0117. The van der Waals surface area contributed by atoms with Gasteiger partial charge in [0.25, 0.3) is 5.91 Å². The standard InChI is InChI=1S/C4H4N2O4/c7-1-3(9)6-4(10)5-2-8/h1-2H,(H2,5,6,8,9,10). The van der Waals surface area contributed by atoms with Crippen molar-refractivity contribution in [2.45, 2.75) is 0 Å². The maximum Gasteiger partial charge on any atom is 0.328 e. The van der Waals surface area contributed by atoms with Crippen molar-refractivity contribution in [2.75, 3.05) is 0 Å². The van der Waals surface area contributed by atoms with E-state index < -0.39 is 11.9 Å². The summed E-state index contributed by atoms with van der Waals surface area (Å²) in [4.78, 5) is 39.3. The van der Waals surface area contributed by atoms with Crippen LogP contribution in [0.3, 0.4) is 0 Å². The van der Waals surface area contributed by atoms with Gasteiger partial charge in [-0.15, -0.1) is 0 Å². The number of urea groups is 1. The summed E-state index contributed by atoms with van der Waals surface area (Å²) >= 11 is 0. The van der Waals surface area contributed by atoms with Crippen LogP contribution in [0.15, 0.2) is 0 Å². The van der Waals surface area contributed by atoms with Crippen LogP contribution in [0, 0.1) is 0 Å². The first-order valence-corrected chi connectivity index (χ1v) is 2.21. The highest BCUT2D eigenvalue weighted by atomic mass is 16.2. The van der Waals surface area contributed by atoms with Crippen LogP contribution in [0.4, 0.5) is 4.79 Å². The molecule has 0 heterocycles. The highest BCUT2D eigenvalue weighted by Gasteiger charge is 2.02. The van der Waals surface area contributed by atoms with Crippen LogP contribution in [0.5, 0.6) is 0 Å². The van der Waals surface area contributed by atoms with Gasteiger partial charge < -0.3 is 0 Å². The quantitative estimate of drug-likeness (QED) is 0.352. The predicted molar refractivity (Wildman–Crippen MR) is 28.8 cm³/mol. The molecule has 0 aromatic rings. The zero-order valence-corrected chi connectivity index (χ0v) is 4.79. The average molecular weight is 144 g/mol. The molecule has 0 aliphatic carbocycles. The van der Waals surface area contributed by atoms with E-state index in [2.05, 4.69) is 0 Å². The fourth-order valence-electron chi connectivity index (χ4n) is 0.231. The highest BCUT2D eigenvalue weighted by Crippen LogP contribution is 1.59. The van der Waals surface area contributed by atoms with Gasteiger partial charge in [0.1, 0.15) is 0 Å². The third-order valence-corrected chi connectivity index (χ3v) is 0.534. The Balaban J connectivity index is 3.67. The molecule has 6 nitrogen and oxygen atoms in total. The van der Waals surface area contributed by atoms with Crippen LogP contribution in [-0.2, 0) is 14.4 Å². The number of hydrogen-bond acceptors (Lipinski definition) is 4. The summed E-state index contributed by atoms with van der Waals surface area (Å²) in [7, 11) is 0. The minimum Gasteiger partial charge on any atom is -0.292 e. The number of carbonyl (C=O) groups is 4. The Labute approximate surface area is 55.6 Å². The van der Waals surface area contributed by atoms with Crippen LogP contribution in [0.2, 0.25) is 0 Å². The summed E-state index contributed by atoms with van der Waals surface area (Å²) in [6.45, 7) is 0. The molecular weight excluding hydrogens is 140 g/mol. The number of rotatable bonds is 2. The highest BCUT2D eigenvalue weighted by molar-refractivity contribution is 6.27. The third kappa shape index (κ3) is 3.30. The molecule has 6 heteroatoms. The molecule has 0 saturated heterocycles. The second kappa shape index (κ2) is 4.19. The van der Waals surface area contributed by atoms with E-state index in [0.29, 0.717) is 0 Å². The van der Waals surface area contributed by atoms with Crippen LogP contribution in [0.25, 0.3) is 0 Å². The first kappa shape index (κ1) is 8.28. The summed E-state index contributed by atoms with van der Waals surface area (Å²) in [6, 6.07) is -1.02. The Hall–Kier alpha value is -1.72. The lowest BCUT2D eigenvalue weighted by molar-refractivity contribution is -0.130. The van der Waals surface area contributed by atoms with E-state index in [4.69, 9.17) is 0 Å². The van der Waals surface area contributed by atoms with Gasteiger partial charge in [0.15, 0.2) is 0 Å². The van der Waals surface area contributed by atoms with Crippen LogP contribution < -0.4 is 10.6 Å². The molecule has 0 bridgehead atoms. The van der Waals surface area contributed by atoms with Gasteiger partial charge in [-0.1, -0.05) is 0 Å². The smallest absolute Gasteiger partial charge is 0.292 e. The van der Waals surface area contributed by atoms with Gasteiger partial charge in [0.2, 0.25) is 12.7 Å². The Morgan fingerprint density at radius 2 is 1.80 bits per heavy atom. The molecule has 0 aliphatic rings. The molecule has 0 aromatic heterocycles. The molecule has 0 atom stereocenters. The molecular formula is C4H4N2O4. The average Bonchev–Trinajstić information content (AvgIpc) is 1.88. The molecule has 0 saturated carbocycles. The van der Waals surface area contributed by atoms with Gasteiger partial charge >= 0.3 is 6.03 Å². The SMILES string of the molecule is O=CNC(=O)NC(=O)C=O. The molecule has 2 N–H and O–H groups in total. The first-order valence-electron chi connectivity index (χ1n) is 2.21. The van der Waals surface area contributed by atoms with Crippen molar-refractivity contribution in [1.82, 2.24) is 10.6 Å². The number of hydrogen-bond donors (Lipinski definition) is 2. The molecule has 0 fully saturated rings. The van der Waals surface area contributed by atoms with Crippen molar-refractivity contribution in [1.29, 1.82) is 0 Å². The molecule has 54 valence electrons. The van der Waals surface area contributed by atoms with E-state index >= 15 is 0 Å². The number of amides is 4. The predicted octanol–water partition coefficient (Wildman–Crippen LogP) is -1.83. The summed E-state index contributed by atoms with van der Waals surface area (Å²) < 4.78 is 0. The number of aldehydes is 1. The Kier molecular flexibility index (Phi) is 3.47. The number of imide groups is 2. The van der Waals surface area contributed by atoms with Crippen molar-refractivity contribution in [3.63, 3.8) is 0 Å². The van der Waals surface area contributed by atoms with Crippen molar-refractivity contribution >= 4 is 24.6 Å². The van der Waals surface area contributed by atoms with E-state index in [-0.39, 0.29) is 12.7 Å². The van der Waals surface area contributed by atoms with E-state index in [1.54, 1.807) is 10.6 Å². The minimum atomic E-state index is -1.10. The lowest BCUT2D eigenvalue weighted by Crippen LogP contribution is -2.39. The second-order valence-corrected chi connectivity index (χ2v) is 1.20. The molecule has 4 amide bonds. The summed E-state index contributed by atoms with van der Waals surface area (Å²) in [5, 5.41) is 3.14. The lowest BCUT2D eigenvalue weighted by atomic mass is 10.7. The molecule has 0 spiro atoms. The zero-order valence-electron chi connectivity index (χ0n) is 4.79. The van der Waals surface area contributed by atoms with Crippen LogP contribution >= 0.6 is 0 Å². The number of carbonyl (C=O) groups excluding carboxylic acids is 4. The van der Waals surface area contributed by atoms with Crippen molar-refractivity contribution in [3.05, 3.63) is 0 Å². The second-order valence-electron chi connectivity index (χ2n) is 1.20. The summed E-state index contributed by atoms with van der Waals surface area (Å²) in [5.41, 5.74) is 0. The van der Waals surface area contributed by atoms with Crippen molar-refractivity contribution in [3.8, 4) is 0 Å². The molecule has 0 unspecified atom stereocenters. The maximum absolute atomic E-state index is 10.2. The van der Waals surface area contributed by atoms with Gasteiger partial charge in [-0.2, -0.15) is 0 Å². The molecule has 0 rings (SSSR count). The van der Waals surface area contributed by atoms with Crippen molar-refractivity contribution in [2.24, 2.45) is 0 Å². The summed E-state index contributed by atoms with van der Waals surface area (Å²) in [5.74, 6) is -1.10. The van der Waals surface area contributed by atoms with Gasteiger partial charge in [-0.05, 0) is 0 Å². The monoisotopic (exact) mass is 144 g/mol. The van der Waals surface area contributed by atoms with Gasteiger partial charge in [-0.25, -0.2) is 4.79 Å². The molecule has 0 radical (unpaired) electrons.